The molecule has 1 fully saturated rings. The molecular weight excluding hydrogens is 697 g/mol. The highest BCUT2D eigenvalue weighted by Gasteiger charge is 2.54. The summed E-state index contributed by atoms with van der Waals surface area (Å²) < 4.78 is 50.8. The van der Waals surface area contributed by atoms with Crippen LogP contribution in [0, 0.1) is 11.6 Å². The van der Waals surface area contributed by atoms with Crippen LogP contribution in [-0.4, -0.2) is 73.1 Å². The molecule has 0 radical (unpaired) electrons. The standard InChI is InChI=1S/C32H33F2N6O10P/c1-17-12-32(50-37-17)9-8-18(2)39-15-24(32)40-14-22(29(42)36-13-19-6-7-21(33)11-23(19)34)26(41)27(25(40)30(39)43)49-31(44)38(3)28-20(5-4-10-35-28)16-48-51(45,46)47/h4-7,10-11,14,18,24H,8-9,12-13,15-16H2,1-3H3,(H,36,42)(H2,45,46,47)/t18-,24+,32-/m0/s1. The maximum absolute atomic E-state index is 14.4. The van der Waals surface area contributed by atoms with E-state index in [2.05, 4.69) is 20.0 Å². The third-order valence-corrected chi connectivity index (χ3v) is 9.63. The fourth-order valence-electron chi connectivity index (χ4n) is 6.54. The topological polar surface area (TPSA) is 202 Å². The van der Waals surface area contributed by atoms with Crippen LogP contribution in [0.5, 0.6) is 5.75 Å². The van der Waals surface area contributed by atoms with E-state index in [-0.39, 0.29) is 35.2 Å². The summed E-state index contributed by atoms with van der Waals surface area (Å²) in [6.45, 7) is 2.66. The SMILES string of the molecule is CC1=NO[C@@]2(CC[C@H](C)N3C[C@H]2n2cc(C(=O)NCc4ccc(F)cc4F)c(=O)c(OC(=O)N(C)c4ncccc4COP(=O)(O)O)c2C3=O)C1. The number of aromatic nitrogens is 2. The molecule has 270 valence electrons. The van der Waals surface area contributed by atoms with Gasteiger partial charge >= 0.3 is 13.9 Å². The number of nitrogens with one attached hydrogen (secondary N) is 1. The molecule has 1 spiro atoms. The molecule has 3 N–H and O–H groups in total. The first-order valence-corrected chi connectivity index (χ1v) is 17.2. The van der Waals surface area contributed by atoms with Crippen molar-refractivity contribution < 1.29 is 51.6 Å². The predicted molar refractivity (Wildman–Crippen MR) is 174 cm³/mol. The van der Waals surface area contributed by atoms with Crippen molar-refractivity contribution in [2.45, 2.75) is 63.9 Å². The highest BCUT2D eigenvalue weighted by atomic mass is 31.2. The highest BCUT2D eigenvalue weighted by molar-refractivity contribution is 7.46. The number of fused-ring (bicyclic) bond motifs is 5. The van der Waals surface area contributed by atoms with Gasteiger partial charge in [-0.25, -0.2) is 23.1 Å². The number of carbonyl (C=O) groups is 3. The van der Waals surface area contributed by atoms with E-state index in [1.165, 1.54) is 36.1 Å². The first-order valence-electron chi connectivity index (χ1n) is 15.7. The summed E-state index contributed by atoms with van der Waals surface area (Å²) in [7, 11) is -3.70. The molecule has 3 aliphatic heterocycles. The van der Waals surface area contributed by atoms with Crippen molar-refractivity contribution in [2.75, 3.05) is 18.5 Å². The van der Waals surface area contributed by atoms with Gasteiger partial charge in [0.05, 0.1) is 18.4 Å². The molecule has 2 bridgehead atoms. The van der Waals surface area contributed by atoms with Gasteiger partial charge in [-0.2, -0.15) is 0 Å². The maximum atomic E-state index is 14.4. The molecule has 16 nitrogen and oxygen atoms in total. The van der Waals surface area contributed by atoms with Crippen LogP contribution < -0.4 is 20.4 Å². The molecule has 1 saturated heterocycles. The minimum absolute atomic E-state index is 0.0675. The van der Waals surface area contributed by atoms with Crippen LogP contribution in [0.1, 0.15) is 71.1 Å². The van der Waals surface area contributed by atoms with E-state index in [0.29, 0.717) is 31.0 Å². The molecule has 0 unspecified atom stereocenters. The highest BCUT2D eigenvalue weighted by Crippen LogP contribution is 2.46. The van der Waals surface area contributed by atoms with Crippen molar-refractivity contribution in [3.8, 4) is 5.75 Å². The van der Waals surface area contributed by atoms with E-state index in [4.69, 9.17) is 9.57 Å². The van der Waals surface area contributed by atoms with Crippen LogP contribution in [0.15, 0.2) is 52.7 Å². The van der Waals surface area contributed by atoms with Gasteiger partial charge in [-0.1, -0.05) is 17.3 Å². The number of anilines is 1. The number of ether oxygens (including phenoxy) is 1. The van der Waals surface area contributed by atoms with Gasteiger partial charge < -0.3 is 34.1 Å². The van der Waals surface area contributed by atoms with E-state index >= 15 is 0 Å². The average molecular weight is 731 g/mol. The number of rotatable bonds is 8. The Morgan fingerprint density at radius 1 is 1.22 bits per heavy atom. The van der Waals surface area contributed by atoms with Gasteiger partial charge in [0, 0.05) is 62.2 Å². The van der Waals surface area contributed by atoms with Crippen LogP contribution in [-0.2, 0) is 27.1 Å². The number of benzene rings is 1. The molecular formula is C32H33F2N6O10P. The van der Waals surface area contributed by atoms with Crippen molar-refractivity contribution in [3.63, 3.8) is 0 Å². The quantitative estimate of drug-likeness (QED) is 0.287. The Morgan fingerprint density at radius 2 is 1.98 bits per heavy atom. The number of carbonyl (C=O) groups excluding carboxylic acids is 3. The summed E-state index contributed by atoms with van der Waals surface area (Å²) in [5.41, 5.74) is -2.31. The number of hydrogen-bond donors (Lipinski definition) is 3. The number of pyridine rings is 2. The zero-order valence-corrected chi connectivity index (χ0v) is 28.4. The van der Waals surface area contributed by atoms with Crippen LogP contribution in [0.25, 0.3) is 0 Å². The molecule has 51 heavy (non-hydrogen) atoms. The van der Waals surface area contributed by atoms with Gasteiger partial charge in [0.15, 0.2) is 11.3 Å². The van der Waals surface area contributed by atoms with Crippen molar-refractivity contribution in [1.82, 2.24) is 19.8 Å². The normalized spacial score (nSPS) is 21.0. The molecule has 0 aliphatic carbocycles. The van der Waals surface area contributed by atoms with E-state index < -0.39 is 78.9 Å². The lowest BCUT2D eigenvalue weighted by atomic mass is 9.84. The van der Waals surface area contributed by atoms with Gasteiger partial charge in [0.25, 0.3) is 11.8 Å². The fraction of sp³-hybridized carbons (Fsp3) is 0.375. The van der Waals surface area contributed by atoms with Crippen LogP contribution in [0.4, 0.5) is 19.4 Å². The van der Waals surface area contributed by atoms with Gasteiger partial charge in [-0.05, 0) is 38.8 Å². The summed E-state index contributed by atoms with van der Waals surface area (Å²) in [6.07, 6.45) is 2.57. The first kappa shape index (κ1) is 35.8. The van der Waals surface area contributed by atoms with E-state index in [0.717, 1.165) is 17.0 Å². The molecule has 3 atom stereocenters. The van der Waals surface area contributed by atoms with Crippen molar-refractivity contribution >= 4 is 37.3 Å². The molecule has 1 aromatic carbocycles. The van der Waals surface area contributed by atoms with Gasteiger partial charge in [-0.15, -0.1) is 0 Å². The number of halogens is 2. The van der Waals surface area contributed by atoms with Gasteiger partial charge in [0.2, 0.25) is 11.2 Å². The number of phosphoric ester groups is 1. The summed E-state index contributed by atoms with van der Waals surface area (Å²) in [4.78, 5) is 86.5. The molecule has 3 amide bonds. The Bertz CT molecular complexity index is 2070. The summed E-state index contributed by atoms with van der Waals surface area (Å²) in [5, 5.41) is 6.61. The third kappa shape index (κ3) is 6.99. The Labute approximate surface area is 288 Å². The Morgan fingerprint density at radius 3 is 2.67 bits per heavy atom. The predicted octanol–water partition coefficient (Wildman–Crippen LogP) is 3.41. The summed E-state index contributed by atoms with van der Waals surface area (Å²) >= 11 is 0. The fourth-order valence-corrected chi connectivity index (χ4v) is 6.85. The second kappa shape index (κ2) is 13.6. The molecule has 5 heterocycles. The van der Waals surface area contributed by atoms with Gasteiger partial charge in [-0.3, -0.25) is 23.8 Å². The Kier molecular flexibility index (Phi) is 9.54. The Balaban J connectivity index is 1.44. The molecule has 19 heteroatoms. The zero-order chi connectivity index (χ0) is 36.8. The van der Waals surface area contributed by atoms with Crippen molar-refractivity contribution in [2.24, 2.45) is 5.16 Å². The molecule has 3 aromatic rings. The number of nitrogens with zero attached hydrogens (tertiary/aromatic N) is 5. The first-order chi connectivity index (χ1) is 24.1. The molecule has 6 rings (SSSR count). The van der Waals surface area contributed by atoms with Crippen LogP contribution in [0.2, 0.25) is 0 Å². The maximum Gasteiger partial charge on any atom is 0.469 e. The summed E-state index contributed by atoms with van der Waals surface area (Å²) in [6, 6.07) is 4.58. The summed E-state index contributed by atoms with van der Waals surface area (Å²) in [5.74, 6) is -4.33. The Hall–Kier alpha value is -5.03. The van der Waals surface area contributed by atoms with Gasteiger partial charge in [0.1, 0.15) is 23.0 Å². The minimum Gasteiger partial charge on any atom is -0.403 e. The largest absolute Gasteiger partial charge is 0.469 e. The van der Waals surface area contributed by atoms with Crippen LogP contribution >= 0.6 is 7.82 Å². The second-order valence-electron chi connectivity index (χ2n) is 12.6. The number of oxime groups is 1. The second-order valence-corrected chi connectivity index (χ2v) is 13.8. The number of amides is 3. The smallest absolute Gasteiger partial charge is 0.403 e. The van der Waals surface area contributed by atoms with Crippen LogP contribution in [0.3, 0.4) is 0 Å². The lowest BCUT2D eigenvalue weighted by Crippen LogP contribution is -2.52. The monoisotopic (exact) mass is 730 g/mol. The zero-order valence-electron chi connectivity index (χ0n) is 27.5. The van der Waals surface area contributed by atoms with Crippen molar-refractivity contribution in [3.05, 3.63) is 87.0 Å². The van der Waals surface area contributed by atoms with E-state index in [9.17, 15) is 42.3 Å². The lowest BCUT2D eigenvalue weighted by Gasteiger charge is -2.42. The number of phosphoric acid groups is 1. The van der Waals surface area contributed by atoms with E-state index in [1.807, 2.05) is 6.92 Å². The molecule has 0 saturated carbocycles. The van der Waals surface area contributed by atoms with E-state index in [1.54, 1.807) is 11.8 Å². The molecule has 2 aromatic heterocycles. The third-order valence-electron chi connectivity index (χ3n) is 9.16. The van der Waals surface area contributed by atoms with Crippen molar-refractivity contribution in [1.29, 1.82) is 0 Å². The number of hydrogen-bond acceptors (Lipinski definition) is 10. The molecule has 3 aliphatic rings. The lowest BCUT2D eigenvalue weighted by molar-refractivity contribution is -0.0655. The average Bonchev–Trinajstić information content (AvgIpc) is 3.41. The minimum atomic E-state index is -4.91.